The number of rotatable bonds is 36. The van der Waals surface area contributed by atoms with Crippen molar-refractivity contribution < 1.29 is 80.0 Å². The molecule has 0 rings (SSSR count). The fourth-order valence-corrected chi connectivity index (χ4v) is 9.50. The number of aliphatic hydroxyl groups is 4. The van der Waals surface area contributed by atoms with Crippen molar-refractivity contribution in [2.24, 2.45) is 5.41 Å². The Morgan fingerprint density at radius 3 is 1.07 bits per heavy atom. The lowest BCUT2D eigenvalue weighted by Crippen LogP contribution is -2.36. The van der Waals surface area contributed by atoms with Crippen LogP contribution in [0.4, 0.5) is 0 Å². The first-order chi connectivity index (χ1) is 22.0. The molecule has 0 saturated carbocycles. The first-order valence-electron chi connectivity index (χ1n) is 14.2. The van der Waals surface area contributed by atoms with Crippen molar-refractivity contribution >= 4 is 47.0 Å². The van der Waals surface area contributed by atoms with Gasteiger partial charge in [0.05, 0.1) is 78.3 Å². The first-order valence-corrected chi connectivity index (χ1v) is 18.9. The summed E-state index contributed by atoms with van der Waals surface area (Å²) in [5, 5.41) is 72.6. The third-order valence-corrected chi connectivity index (χ3v) is 11.3. The van der Waals surface area contributed by atoms with E-state index in [-0.39, 0.29) is 96.9 Å². The molecule has 0 aromatic carbocycles. The molecular weight excluding hydrogens is 685 g/mol. The van der Waals surface area contributed by atoms with Crippen LogP contribution in [0, 0.1) is 5.41 Å². The Bertz CT molecular complexity index is 571. The van der Waals surface area contributed by atoms with E-state index in [1.165, 1.54) is 23.5 Å². The van der Waals surface area contributed by atoms with Gasteiger partial charge in [-0.2, -0.15) is 47.0 Å². The molecule has 0 aromatic rings. The molecule has 4 atom stereocenters. The minimum atomic E-state index is -0.764. The van der Waals surface area contributed by atoms with E-state index in [2.05, 4.69) is 19.6 Å². The fourth-order valence-electron chi connectivity index (χ4n) is 3.55. The van der Waals surface area contributed by atoms with Gasteiger partial charge in [-0.3, -0.25) is 21.0 Å². The van der Waals surface area contributed by atoms with Gasteiger partial charge >= 0.3 is 0 Å². The Hall–Kier alpha value is 0.760. The standard InChI is InChI=1S/C25H52O16S4/c26-1-5-34-9-21(36-7-3-28)13-42-17-25(19-44-15-23(40-32)11-38-30,20-45-16-24(41-33)12-39-31)18-43-14-22(37-8-4-29)10-35-6-2-27/h21-24,26-33H,1-20H2. The van der Waals surface area contributed by atoms with Crippen molar-refractivity contribution in [3.05, 3.63) is 0 Å². The van der Waals surface area contributed by atoms with E-state index < -0.39 is 12.2 Å². The van der Waals surface area contributed by atoms with Gasteiger partial charge in [-0.1, -0.05) is 0 Å². The SMILES string of the molecule is OCCOCC(CSCC(CSCC(COO)OO)(CSCC(COO)OO)CSCC(COCCO)OCCO)OCCO. The zero-order valence-corrected chi connectivity index (χ0v) is 28.7. The summed E-state index contributed by atoms with van der Waals surface area (Å²) in [5.41, 5.74) is -0.383. The van der Waals surface area contributed by atoms with E-state index in [4.69, 9.17) is 39.7 Å². The summed E-state index contributed by atoms with van der Waals surface area (Å²) in [6, 6.07) is 0. The highest BCUT2D eigenvalue weighted by molar-refractivity contribution is 8.02. The van der Waals surface area contributed by atoms with Gasteiger partial charge < -0.3 is 39.4 Å². The molecule has 0 spiro atoms. The van der Waals surface area contributed by atoms with Crippen LogP contribution >= 0.6 is 47.0 Å². The normalized spacial score (nSPS) is 16.0. The number of aliphatic hydroxyl groups excluding tert-OH is 4. The van der Waals surface area contributed by atoms with Crippen molar-refractivity contribution in [3.8, 4) is 0 Å². The molecule has 8 N–H and O–H groups in total. The molecule has 0 heterocycles. The van der Waals surface area contributed by atoms with Crippen LogP contribution in [0.5, 0.6) is 0 Å². The van der Waals surface area contributed by atoms with Crippen LogP contribution in [-0.4, -0.2) is 191 Å². The summed E-state index contributed by atoms with van der Waals surface area (Å²) >= 11 is 6.22. The molecule has 272 valence electrons. The zero-order valence-electron chi connectivity index (χ0n) is 25.4. The molecule has 0 fully saturated rings. The maximum absolute atomic E-state index is 9.23. The smallest absolute Gasteiger partial charge is 0.128 e. The Labute approximate surface area is 281 Å². The van der Waals surface area contributed by atoms with Crippen LogP contribution in [0.2, 0.25) is 0 Å². The highest BCUT2D eigenvalue weighted by atomic mass is 32.2. The minimum Gasteiger partial charge on any atom is -0.394 e. The highest BCUT2D eigenvalue weighted by Gasteiger charge is 2.32. The second-order valence-corrected chi connectivity index (χ2v) is 13.8. The van der Waals surface area contributed by atoms with Crippen LogP contribution in [0.15, 0.2) is 0 Å². The zero-order chi connectivity index (χ0) is 33.4. The maximum Gasteiger partial charge on any atom is 0.128 e. The predicted molar refractivity (Wildman–Crippen MR) is 173 cm³/mol. The van der Waals surface area contributed by atoms with Crippen LogP contribution in [0.3, 0.4) is 0 Å². The molecule has 0 saturated heterocycles. The minimum absolute atomic E-state index is 0.123. The van der Waals surface area contributed by atoms with Crippen molar-refractivity contribution in [1.29, 1.82) is 0 Å². The highest BCUT2D eigenvalue weighted by Crippen LogP contribution is 2.36. The molecule has 45 heavy (non-hydrogen) atoms. The summed E-state index contributed by atoms with van der Waals surface area (Å²) < 4.78 is 22.4. The van der Waals surface area contributed by atoms with E-state index >= 15 is 0 Å². The van der Waals surface area contributed by atoms with Gasteiger partial charge in [-0.05, 0) is 0 Å². The summed E-state index contributed by atoms with van der Waals surface area (Å²) in [4.78, 5) is 17.1. The monoisotopic (exact) mass is 736 g/mol. The Morgan fingerprint density at radius 2 is 0.778 bits per heavy atom. The molecule has 0 bridgehead atoms. The molecule has 4 unspecified atom stereocenters. The number of hydrogen-bond donors (Lipinski definition) is 8. The van der Waals surface area contributed by atoms with Crippen LogP contribution in [0.25, 0.3) is 0 Å². The molecule has 20 heteroatoms. The second kappa shape index (κ2) is 33.3. The van der Waals surface area contributed by atoms with E-state index in [9.17, 15) is 20.7 Å². The van der Waals surface area contributed by atoms with E-state index in [0.29, 0.717) is 46.0 Å². The number of ether oxygens (including phenoxy) is 4. The fraction of sp³-hybridized carbons (Fsp3) is 1.00. The number of thioether (sulfide) groups is 4. The van der Waals surface area contributed by atoms with Crippen LogP contribution < -0.4 is 0 Å². The quantitative estimate of drug-likeness (QED) is 0.0247. The van der Waals surface area contributed by atoms with E-state index in [0.717, 1.165) is 0 Å². The Morgan fingerprint density at radius 1 is 0.444 bits per heavy atom. The van der Waals surface area contributed by atoms with Crippen molar-refractivity contribution in [2.45, 2.75) is 24.4 Å². The molecule has 0 aliphatic heterocycles. The summed E-state index contributed by atoms with van der Waals surface area (Å²) in [7, 11) is 0. The van der Waals surface area contributed by atoms with Gasteiger partial charge in [0.15, 0.2) is 0 Å². The lowest BCUT2D eigenvalue weighted by Gasteiger charge is -2.34. The van der Waals surface area contributed by atoms with Gasteiger partial charge in [0.2, 0.25) is 0 Å². The molecule has 0 aliphatic rings. The maximum atomic E-state index is 9.23. The van der Waals surface area contributed by atoms with Gasteiger partial charge in [-0.15, -0.1) is 0 Å². The topological polar surface area (TPSA) is 236 Å². The molecule has 0 amide bonds. The third kappa shape index (κ3) is 25.4. The van der Waals surface area contributed by atoms with Gasteiger partial charge in [0.25, 0.3) is 0 Å². The molecule has 0 aliphatic carbocycles. The third-order valence-electron chi connectivity index (χ3n) is 5.64. The lowest BCUT2D eigenvalue weighted by atomic mass is 9.99. The average Bonchev–Trinajstić information content (AvgIpc) is 3.04. The molecule has 16 nitrogen and oxygen atoms in total. The van der Waals surface area contributed by atoms with Gasteiger partial charge in [0, 0.05) is 51.4 Å². The Kier molecular flexibility index (Phi) is 33.8. The van der Waals surface area contributed by atoms with E-state index in [1.54, 1.807) is 23.5 Å². The molecular formula is C25H52O16S4. The lowest BCUT2D eigenvalue weighted by molar-refractivity contribution is -0.321. The van der Waals surface area contributed by atoms with Gasteiger partial charge in [0.1, 0.15) is 25.4 Å². The van der Waals surface area contributed by atoms with Crippen LogP contribution in [-0.2, 0) is 38.5 Å². The predicted octanol–water partition coefficient (Wildman–Crippen LogP) is 0.374. The summed E-state index contributed by atoms with van der Waals surface area (Å²) in [6.45, 7) is 0.104. The largest absolute Gasteiger partial charge is 0.394 e. The average molecular weight is 737 g/mol. The van der Waals surface area contributed by atoms with Crippen molar-refractivity contribution in [3.63, 3.8) is 0 Å². The summed E-state index contributed by atoms with van der Waals surface area (Å²) in [6.07, 6.45) is -2.19. The van der Waals surface area contributed by atoms with Crippen LogP contribution in [0.1, 0.15) is 0 Å². The van der Waals surface area contributed by atoms with E-state index in [1.807, 2.05) is 0 Å². The molecule has 0 radical (unpaired) electrons. The van der Waals surface area contributed by atoms with Gasteiger partial charge in [-0.25, -0.2) is 19.6 Å². The molecule has 0 aromatic heterocycles. The first kappa shape index (κ1) is 45.8. The van der Waals surface area contributed by atoms with Crippen molar-refractivity contribution in [2.75, 3.05) is 125 Å². The summed E-state index contributed by atoms with van der Waals surface area (Å²) in [5.74, 6) is 4.12. The number of hydrogen-bond acceptors (Lipinski definition) is 20. The van der Waals surface area contributed by atoms with Crippen molar-refractivity contribution in [1.82, 2.24) is 0 Å². The second-order valence-electron chi connectivity index (χ2n) is 9.64. The Balaban J connectivity index is 5.82.